The fourth-order valence-corrected chi connectivity index (χ4v) is 3.87. The lowest BCUT2D eigenvalue weighted by Gasteiger charge is -2.21. The smallest absolute Gasteiger partial charge is 0.195 e. The molecule has 1 aliphatic heterocycles. The van der Waals surface area contributed by atoms with Gasteiger partial charge in [0.2, 0.25) is 0 Å². The zero-order chi connectivity index (χ0) is 17.4. The zero-order valence-electron chi connectivity index (χ0n) is 14.1. The van der Waals surface area contributed by atoms with Gasteiger partial charge in [0, 0.05) is 35.1 Å². The first-order valence-corrected chi connectivity index (χ1v) is 8.88. The molecular formula is C21H20ClN3. The summed E-state index contributed by atoms with van der Waals surface area (Å²) in [6, 6.07) is 20.4. The molecule has 0 saturated carbocycles. The Morgan fingerprint density at radius 2 is 1.88 bits per heavy atom. The Labute approximate surface area is 152 Å². The van der Waals surface area contributed by atoms with Gasteiger partial charge < -0.3 is 10.2 Å². The van der Waals surface area contributed by atoms with Gasteiger partial charge in [0.1, 0.15) is 0 Å². The second-order valence-corrected chi connectivity index (χ2v) is 6.94. The summed E-state index contributed by atoms with van der Waals surface area (Å²) >= 11 is 6.35. The summed E-state index contributed by atoms with van der Waals surface area (Å²) in [5.41, 5.74) is 3.56. The molecule has 3 nitrogen and oxygen atoms in total. The maximum atomic E-state index is 8.50. The van der Waals surface area contributed by atoms with Crippen LogP contribution in [0.15, 0.2) is 60.7 Å². The van der Waals surface area contributed by atoms with Crippen LogP contribution in [0, 0.1) is 5.41 Å². The molecule has 4 rings (SSSR count). The quantitative estimate of drug-likeness (QED) is 0.496. The molecule has 0 aromatic heterocycles. The van der Waals surface area contributed by atoms with Crippen molar-refractivity contribution in [2.45, 2.75) is 19.4 Å². The number of nitrogens with one attached hydrogen (secondary N) is 2. The molecule has 1 unspecified atom stereocenters. The van der Waals surface area contributed by atoms with Crippen molar-refractivity contribution in [1.82, 2.24) is 5.32 Å². The van der Waals surface area contributed by atoms with Crippen molar-refractivity contribution in [2.75, 3.05) is 11.4 Å². The number of fused-ring (bicyclic) bond motifs is 3. The van der Waals surface area contributed by atoms with Gasteiger partial charge in [0.05, 0.1) is 0 Å². The van der Waals surface area contributed by atoms with Crippen LogP contribution in [0.25, 0.3) is 10.8 Å². The van der Waals surface area contributed by atoms with E-state index in [2.05, 4.69) is 47.5 Å². The van der Waals surface area contributed by atoms with E-state index in [1.165, 1.54) is 16.5 Å². The zero-order valence-corrected chi connectivity index (χ0v) is 14.8. The molecule has 1 heterocycles. The van der Waals surface area contributed by atoms with Crippen molar-refractivity contribution in [2.24, 2.45) is 0 Å². The van der Waals surface area contributed by atoms with E-state index in [0.717, 1.165) is 22.6 Å². The molecule has 126 valence electrons. The molecular weight excluding hydrogens is 330 g/mol. The van der Waals surface area contributed by atoms with Gasteiger partial charge in [-0.1, -0.05) is 67.1 Å². The maximum absolute atomic E-state index is 8.50. The van der Waals surface area contributed by atoms with E-state index < -0.39 is 0 Å². The number of nitrogens with zero attached hydrogens (tertiary/aromatic N) is 1. The first kappa shape index (κ1) is 16.0. The summed E-state index contributed by atoms with van der Waals surface area (Å²) in [4.78, 5) is 2.06. The molecule has 0 spiro atoms. The molecule has 25 heavy (non-hydrogen) atoms. The molecule has 2 N–H and O–H groups in total. The SMILES string of the molecule is CC1CN(C(=N)NCc2ccccc2)c2ccc3c(Cl)cccc3c21. The first-order chi connectivity index (χ1) is 12.1. The van der Waals surface area contributed by atoms with Gasteiger partial charge in [0.15, 0.2) is 5.96 Å². The second kappa shape index (κ2) is 6.41. The average Bonchev–Trinajstić information content (AvgIpc) is 2.98. The first-order valence-electron chi connectivity index (χ1n) is 8.50. The van der Waals surface area contributed by atoms with Crippen molar-refractivity contribution in [1.29, 1.82) is 5.41 Å². The Bertz CT molecular complexity index is 937. The minimum absolute atomic E-state index is 0.357. The van der Waals surface area contributed by atoms with E-state index in [1.54, 1.807) is 0 Å². The Morgan fingerprint density at radius 3 is 2.68 bits per heavy atom. The summed E-state index contributed by atoms with van der Waals surface area (Å²) in [6.45, 7) is 3.67. The van der Waals surface area contributed by atoms with Crippen LogP contribution < -0.4 is 10.2 Å². The molecule has 0 aliphatic carbocycles. The van der Waals surface area contributed by atoms with Gasteiger partial charge in [0.25, 0.3) is 0 Å². The molecule has 3 aromatic rings. The Hall–Kier alpha value is -2.52. The van der Waals surface area contributed by atoms with Gasteiger partial charge in [-0.15, -0.1) is 0 Å². The summed E-state index contributed by atoms with van der Waals surface area (Å²) in [6.07, 6.45) is 0. The molecule has 0 bridgehead atoms. The predicted molar refractivity (Wildman–Crippen MR) is 106 cm³/mol. The Balaban J connectivity index is 1.63. The van der Waals surface area contributed by atoms with E-state index in [-0.39, 0.29) is 0 Å². The van der Waals surface area contributed by atoms with Gasteiger partial charge >= 0.3 is 0 Å². The monoisotopic (exact) mass is 349 g/mol. The van der Waals surface area contributed by atoms with Crippen molar-refractivity contribution >= 4 is 34.0 Å². The molecule has 4 heteroatoms. The van der Waals surface area contributed by atoms with Crippen LogP contribution in [0.1, 0.15) is 24.0 Å². The molecule has 0 saturated heterocycles. The molecule has 3 aromatic carbocycles. The molecule has 0 radical (unpaired) electrons. The normalized spacial score (nSPS) is 16.1. The Morgan fingerprint density at radius 1 is 1.08 bits per heavy atom. The van der Waals surface area contributed by atoms with Crippen molar-refractivity contribution < 1.29 is 0 Å². The number of hydrogen-bond donors (Lipinski definition) is 2. The van der Waals surface area contributed by atoms with Crippen LogP contribution in [-0.2, 0) is 6.54 Å². The number of hydrogen-bond acceptors (Lipinski definition) is 1. The standard InChI is InChI=1S/C21H20ClN3/c1-14-13-25(21(23)24-12-15-6-3-2-4-7-15)19-11-10-16-17(20(14)19)8-5-9-18(16)22/h2-11,14H,12-13H2,1H3,(H2,23,24). The van der Waals surface area contributed by atoms with E-state index >= 15 is 0 Å². The van der Waals surface area contributed by atoms with E-state index in [1.807, 2.05) is 30.3 Å². The Kier molecular flexibility index (Phi) is 4.10. The maximum Gasteiger partial charge on any atom is 0.195 e. The number of guanidine groups is 1. The van der Waals surface area contributed by atoms with Crippen LogP contribution in [0.5, 0.6) is 0 Å². The van der Waals surface area contributed by atoms with Gasteiger partial charge in [-0.2, -0.15) is 0 Å². The molecule has 0 fully saturated rings. The van der Waals surface area contributed by atoms with E-state index in [9.17, 15) is 0 Å². The third-order valence-corrected chi connectivity index (χ3v) is 5.17. The van der Waals surface area contributed by atoms with Crippen molar-refractivity contribution in [3.63, 3.8) is 0 Å². The number of halogens is 1. The minimum atomic E-state index is 0.357. The van der Waals surface area contributed by atoms with E-state index in [4.69, 9.17) is 17.0 Å². The van der Waals surface area contributed by atoms with E-state index in [0.29, 0.717) is 18.4 Å². The number of anilines is 1. The van der Waals surface area contributed by atoms with Crippen LogP contribution >= 0.6 is 11.6 Å². The van der Waals surface area contributed by atoms with Crippen LogP contribution in [0.2, 0.25) is 5.02 Å². The lowest BCUT2D eigenvalue weighted by atomic mass is 9.96. The van der Waals surface area contributed by atoms with Crippen molar-refractivity contribution in [3.8, 4) is 0 Å². The minimum Gasteiger partial charge on any atom is -0.352 e. The third-order valence-electron chi connectivity index (χ3n) is 4.84. The summed E-state index contributed by atoms with van der Waals surface area (Å²) in [5.74, 6) is 0.798. The highest BCUT2D eigenvalue weighted by Crippen LogP contribution is 2.42. The second-order valence-electron chi connectivity index (χ2n) is 6.53. The lowest BCUT2D eigenvalue weighted by molar-refractivity contribution is 0.797. The summed E-state index contributed by atoms with van der Waals surface area (Å²) in [5, 5.41) is 14.8. The van der Waals surface area contributed by atoms with Crippen LogP contribution in [0.4, 0.5) is 5.69 Å². The van der Waals surface area contributed by atoms with Crippen molar-refractivity contribution in [3.05, 3.63) is 76.8 Å². The average molecular weight is 350 g/mol. The van der Waals surface area contributed by atoms with Gasteiger partial charge in [-0.25, -0.2) is 0 Å². The highest BCUT2D eigenvalue weighted by atomic mass is 35.5. The van der Waals surface area contributed by atoms with Crippen LogP contribution in [-0.4, -0.2) is 12.5 Å². The largest absolute Gasteiger partial charge is 0.352 e. The lowest BCUT2D eigenvalue weighted by Crippen LogP contribution is -2.39. The molecule has 1 aliphatic rings. The topological polar surface area (TPSA) is 39.1 Å². The van der Waals surface area contributed by atoms with Gasteiger partial charge in [-0.05, 0) is 28.6 Å². The predicted octanol–water partition coefficient (Wildman–Crippen LogP) is 5.14. The fraction of sp³-hybridized carbons (Fsp3) is 0.190. The highest BCUT2D eigenvalue weighted by Gasteiger charge is 2.29. The van der Waals surface area contributed by atoms with Crippen LogP contribution in [0.3, 0.4) is 0 Å². The summed E-state index contributed by atoms with van der Waals surface area (Å²) < 4.78 is 0. The number of benzene rings is 3. The third kappa shape index (κ3) is 2.85. The fourth-order valence-electron chi connectivity index (χ4n) is 3.64. The molecule has 1 atom stereocenters. The number of rotatable bonds is 2. The van der Waals surface area contributed by atoms with Gasteiger partial charge in [-0.3, -0.25) is 5.41 Å². The highest BCUT2D eigenvalue weighted by molar-refractivity contribution is 6.35. The molecule has 0 amide bonds. The summed E-state index contributed by atoms with van der Waals surface area (Å²) in [7, 11) is 0.